The first-order chi connectivity index (χ1) is 13.6. The lowest BCUT2D eigenvalue weighted by molar-refractivity contribution is 0.375. The van der Waals surface area contributed by atoms with E-state index < -0.39 is 11.6 Å². The molecule has 0 amide bonds. The van der Waals surface area contributed by atoms with Crippen molar-refractivity contribution in [3.63, 3.8) is 0 Å². The minimum Gasteiger partial charge on any atom is -0.350 e. The third-order valence-electron chi connectivity index (χ3n) is 5.34. The lowest BCUT2D eigenvalue weighted by Gasteiger charge is -2.29. The number of pyridine rings is 1. The molecule has 0 spiro atoms. The number of hydrogen-bond acceptors (Lipinski definition) is 6. The molecule has 5 rings (SSSR count). The quantitative estimate of drug-likeness (QED) is 0.444. The van der Waals surface area contributed by atoms with E-state index in [1.165, 1.54) is 28.5 Å². The smallest absolute Gasteiger partial charge is 0.165 e. The van der Waals surface area contributed by atoms with Crippen LogP contribution in [-0.4, -0.2) is 22.6 Å². The lowest BCUT2D eigenvalue weighted by atomic mass is 9.90. The number of aromatic nitrogens is 2. The molecule has 28 heavy (non-hydrogen) atoms. The number of rotatable bonds is 3. The van der Waals surface area contributed by atoms with Gasteiger partial charge in [0.15, 0.2) is 5.82 Å². The van der Waals surface area contributed by atoms with Crippen molar-refractivity contribution in [1.29, 1.82) is 0 Å². The van der Waals surface area contributed by atoms with Crippen molar-refractivity contribution in [2.45, 2.75) is 31.7 Å². The summed E-state index contributed by atoms with van der Waals surface area (Å²) in [6.45, 7) is 3.21. The standard InChI is InChI=1S/C20H18F2N4S2/c1-10-11(3-2-4-23-10)17-5-12-19(14(22)8-24-20(12)28-17)26-15-7-16-18(6-13(15)21)27-9-25-16/h5-11,23H,2-4H2,1H3,(H,24,26)/t10-,11-/m0/s1. The zero-order valence-corrected chi connectivity index (χ0v) is 16.8. The van der Waals surface area contributed by atoms with E-state index in [0.29, 0.717) is 22.9 Å². The molecule has 3 aromatic heterocycles. The third-order valence-corrected chi connectivity index (χ3v) is 7.31. The molecule has 0 aliphatic carbocycles. The fraction of sp³-hybridized carbons (Fsp3) is 0.300. The lowest BCUT2D eigenvalue weighted by Crippen LogP contribution is -2.37. The molecule has 8 heteroatoms. The van der Waals surface area contributed by atoms with Crippen molar-refractivity contribution >= 4 is 54.5 Å². The summed E-state index contributed by atoms with van der Waals surface area (Å²) in [6.07, 6.45) is 3.42. The Balaban J connectivity index is 1.58. The molecule has 4 nitrogen and oxygen atoms in total. The van der Waals surface area contributed by atoms with Gasteiger partial charge in [0.25, 0.3) is 0 Å². The monoisotopic (exact) mass is 416 g/mol. The highest BCUT2D eigenvalue weighted by Crippen LogP contribution is 2.40. The minimum atomic E-state index is -0.496. The maximum Gasteiger partial charge on any atom is 0.165 e. The van der Waals surface area contributed by atoms with Gasteiger partial charge in [0.2, 0.25) is 0 Å². The molecule has 2 atom stereocenters. The summed E-state index contributed by atoms with van der Waals surface area (Å²) in [5.74, 6) is -0.543. The Bertz CT molecular complexity index is 1170. The van der Waals surface area contributed by atoms with Crippen molar-refractivity contribution < 1.29 is 8.78 Å². The maximum absolute atomic E-state index is 14.7. The van der Waals surface area contributed by atoms with E-state index in [1.54, 1.807) is 22.9 Å². The molecule has 0 bridgehead atoms. The fourth-order valence-electron chi connectivity index (χ4n) is 3.84. The van der Waals surface area contributed by atoms with Crippen LogP contribution < -0.4 is 10.6 Å². The van der Waals surface area contributed by atoms with Gasteiger partial charge in [0, 0.05) is 22.2 Å². The first kappa shape index (κ1) is 17.9. The topological polar surface area (TPSA) is 49.8 Å². The Kier molecular flexibility index (Phi) is 4.49. The zero-order chi connectivity index (χ0) is 19.3. The predicted molar refractivity (Wildman–Crippen MR) is 112 cm³/mol. The minimum absolute atomic E-state index is 0.213. The summed E-state index contributed by atoms with van der Waals surface area (Å²) in [4.78, 5) is 10.4. The number of nitrogens with zero attached hydrogens (tertiary/aromatic N) is 2. The largest absolute Gasteiger partial charge is 0.350 e. The summed E-state index contributed by atoms with van der Waals surface area (Å²) in [5, 5.41) is 7.15. The van der Waals surface area contributed by atoms with Crippen LogP contribution >= 0.6 is 22.7 Å². The number of anilines is 2. The van der Waals surface area contributed by atoms with Crippen molar-refractivity contribution in [2.75, 3.05) is 11.9 Å². The van der Waals surface area contributed by atoms with Crippen LogP contribution in [0.2, 0.25) is 0 Å². The highest BCUT2D eigenvalue weighted by molar-refractivity contribution is 7.18. The number of benzene rings is 1. The molecule has 1 saturated heterocycles. The van der Waals surface area contributed by atoms with Gasteiger partial charge in [-0.3, -0.25) is 0 Å². The second-order valence-corrected chi connectivity index (χ2v) is 9.07. The third kappa shape index (κ3) is 3.05. The Hall–Kier alpha value is -2.16. The van der Waals surface area contributed by atoms with E-state index in [4.69, 9.17) is 0 Å². The number of nitrogens with one attached hydrogen (secondary N) is 2. The summed E-state index contributed by atoms with van der Waals surface area (Å²) in [7, 11) is 0. The van der Waals surface area contributed by atoms with Gasteiger partial charge in [-0.1, -0.05) is 0 Å². The molecule has 4 heterocycles. The molecular formula is C20H18F2N4S2. The van der Waals surface area contributed by atoms with Gasteiger partial charge in [-0.05, 0) is 44.5 Å². The maximum atomic E-state index is 14.7. The number of piperidine rings is 1. The van der Waals surface area contributed by atoms with Gasteiger partial charge >= 0.3 is 0 Å². The number of fused-ring (bicyclic) bond motifs is 2. The van der Waals surface area contributed by atoms with Crippen molar-refractivity contribution in [2.24, 2.45) is 0 Å². The summed E-state index contributed by atoms with van der Waals surface area (Å²) >= 11 is 2.96. The molecule has 2 N–H and O–H groups in total. The molecule has 0 unspecified atom stereocenters. The second kappa shape index (κ2) is 7.02. The van der Waals surface area contributed by atoms with Crippen LogP contribution in [0.4, 0.5) is 20.2 Å². The Morgan fingerprint density at radius 3 is 2.93 bits per heavy atom. The van der Waals surface area contributed by atoms with Gasteiger partial charge in [-0.25, -0.2) is 18.7 Å². The van der Waals surface area contributed by atoms with Crippen LogP contribution in [0.15, 0.2) is 29.9 Å². The van der Waals surface area contributed by atoms with Crippen molar-refractivity contribution in [3.05, 3.63) is 46.4 Å². The molecule has 0 saturated carbocycles. The first-order valence-corrected chi connectivity index (χ1v) is 10.9. The van der Waals surface area contributed by atoms with Crippen LogP contribution in [0.3, 0.4) is 0 Å². The molecular weight excluding hydrogens is 398 g/mol. The van der Waals surface area contributed by atoms with Crippen LogP contribution in [0.1, 0.15) is 30.6 Å². The Morgan fingerprint density at radius 2 is 2.07 bits per heavy atom. The predicted octanol–water partition coefficient (Wildman–Crippen LogP) is 5.78. The van der Waals surface area contributed by atoms with Crippen LogP contribution in [-0.2, 0) is 0 Å². The highest BCUT2D eigenvalue weighted by Gasteiger charge is 2.25. The molecule has 144 valence electrons. The SMILES string of the molecule is C[C@@H]1NCCC[C@@H]1c1cc2c(Nc3cc4ncsc4cc3F)c(F)cnc2s1. The highest BCUT2D eigenvalue weighted by atomic mass is 32.1. The van der Waals surface area contributed by atoms with E-state index in [2.05, 4.69) is 27.5 Å². The van der Waals surface area contributed by atoms with Gasteiger partial charge in [0.05, 0.1) is 33.3 Å². The van der Waals surface area contributed by atoms with E-state index in [1.807, 2.05) is 6.07 Å². The van der Waals surface area contributed by atoms with Crippen LogP contribution in [0.25, 0.3) is 20.4 Å². The van der Waals surface area contributed by atoms with Gasteiger partial charge in [-0.15, -0.1) is 22.7 Å². The first-order valence-electron chi connectivity index (χ1n) is 9.21. The van der Waals surface area contributed by atoms with Gasteiger partial charge < -0.3 is 10.6 Å². The summed E-state index contributed by atoms with van der Waals surface area (Å²) in [6, 6.07) is 5.42. The van der Waals surface area contributed by atoms with E-state index in [0.717, 1.165) is 28.9 Å². The number of hydrogen-bond donors (Lipinski definition) is 2. The van der Waals surface area contributed by atoms with E-state index in [-0.39, 0.29) is 11.4 Å². The summed E-state index contributed by atoms with van der Waals surface area (Å²) in [5.41, 5.74) is 2.83. The van der Waals surface area contributed by atoms with E-state index >= 15 is 0 Å². The van der Waals surface area contributed by atoms with Gasteiger partial charge in [-0.2, -0.15) is 0 Å². The fourth-order valence-corrected chi connectivity index (χ4v) is 5.77. The van der Waals surface area contributed by atoms with Crippen molar-refractivity contribution in [1.82, 2.24) is 15.3 Å². The van der Waals surface area contributed by atoms with Crippen LogP contribution in [0, 0.1) is 11.6 Å². The molecule has 1 aromatic carbocycles. The molecule has 1 aliphatic heterocycles. The number of thiazole rings is 1. The average Bonchev–Trinajstić information content (AvgIpc) is 3.31. The Labute approximate surface area is 168 Å². The van der Waals surface area contributed by atoms with E-state index in [9.17, 15) is 8.78 Å². The number of halogens is 2. The van der Waals surface area contributed by atoms with Gasteiger partial charge in [0.1, 0.15) is 10.6 Å². The van der Waals surface area contributed by atoms with Crippen molar-refractivity contribution in [3.8, 4) is 0 Å². The average molecular weight is 417 g/mol. The summed E-state index contributed by atoms with van der Waals surface area (Å²) < 4.78 is 29.9. The molecule has 1 fully saturated rings. The Morgan fingerprint density at radius 1 is 1.18 bits per heavy atom. The number of thiophene rings is 1. The zero-order valence-electron chi connectivity index (χ0n) is 15.1. The molecule has 1 aliphatic rings. The molecule has 0 radical (unpaired) electrons. The second-order valence-electron chi connectivity index (χ2n) is 7.12. The molecule has 4 aromatic rings. The van der Waals surface area contributed by atoms with Crippen LogP contribution in [0.5, 0.6) is 0 Å². The normalized spacial score (nSPS) is 20.1.